The molecule has 6 nitrogen and oxygen atoms in total. The first kappa shape index (κ1) is 18.5. The fraction of sp³-hybridized carbons (Fsp3) is 0.722. The zero-order valence-electron chi connectivity index (χ0n) is 15.5. The van der Waals surface area contributed by atoms with Gasteiger partial charge in [0.25, 0.3) is 0 Å². The van der Waals surface area contributed by atoms with Gasteiger partial charge in [0.2, 0.25) is 11.8 Å². The van der Waals surface area contributed by atoms with E-state index in [4.69, 9.17) is 0 Å². The van der Waals surface area contributed by atoms with Crippen molar-refractivity contribution >= 4 is 11.8 Å². The van der Waals surface area contributed by atoms with Crippen LogP contribution in [0.25, 0.3) is 0 Å². The van der Waals surface area contributed by atoms with Gasteiger partial charge in [-0.05, 0) is 11.8 Å². The van der Waals surface area contributed by atoms with Gasteiger partial charge >= 0.3 is 0 Å². The lowest BCUT2D eigenvalue weighted by Gasteiger charge is -2.41. The number of imidazole rings is 1. The Morgan fingerprint density at radius 2 is 1.75 bits per heavy atom. The zero-order valence-corrected chi connectivity index (χ0v) is 15.5. The van der Waals surface area contributed by atoms with Gasteiger partial charge in [-0.1, -0.05) is 27.7 Å². The maximum absolute atomic E-state index is 12.7. The number of hydrogen-bond acceptors (Lipinski definition) is 3. The fourth-order valence-electron chi connectivity index (χ4n) is 3.17. The third-order valence-electron chi connectivity index (χ3n) is 4.38. The summed E-state index contributed by atoms with van der Waals surface area (Å²) in [4.78, 5) is 33.4. The Morgan fingerprint density at radius 3 is 2.29 bits per heavy atom. The molecule has 0 bridgehead atoms. The van der Waals surface area contributed by atoms with Crippen molar-refractivity contribution in [2.45, 2.75) is 46.6 Å². The molecule has 1 saturated heterocycles. The molecule has 6 heteroatoms. The summed E-state index contributed by atoms with van der Waals surface area (Å²) in [6.45, 7) is 9.92. The monoisotopic (exact) mass is 334 g/mol. The quantitative estimate of drug-likeness (QED) is 0.829. The second-order valence-corrected chi connectivity index (χ2v) is 7.53. The minimum absolute atomic E-state index is 0.147. The van der Waals surface area contributed by atoms with Gasteiger partial charge in [-0.2, -0.15) is 0 Å². The Bertz CT molecular complexity index is 579. The first-order valence-electron chi connectivity index (χ1n) is 8.84. The lowest BCUT2D eigenvalue weighted by molar-refractivity contribution is -0.144. The Labute approximate surface area is 144 Å². The first-order chi connectivity index (χ1) is 11.3. The summed E-state index contributed by atoms with van der Waals surface area (Å²) < 4.78 is 1.94. The molecule has 0 spiro atoms. The summed E-state index contributed by atoms with van der Waals surface area (Å²) in [6, 6.07) is -0.166. The van der Waals surface area contributed by atoms with E-state index in [0.717, 1.165) is 5.82 Å². The van der Waals surface area contributed by atoms with E-state index in [1.54, 1.807) is 6.20 Å². The van der Waals surface area contributed by atoms with Gasteiger partial charge < -0.3 is 14.4 Å². The summed E-state index contributed by atoms with van der Waals surface area (Å²) >= 11 is 0. The minimum Gasteiger partial charge on any atom is -0.338 e. The van der Waals surface area contributed by atoms with E-state index >= 15 is 0 Å². The van der Waals surface area contributed by atoms with E-state index in [2.05, 4.69) is 32.7 Å². The lowest BCUT2D eigenvalue weighted by atomic mass is 10.0. The SMILES string of the molecule is CC(C)CC(=O)N1CCN(C(=O)CC(C)C)[C@@H](c2nccn2C)C1. The normalized spacial score (nSPS) is 18.5. The molecule has 2 rings (SSSR count). The molecule has 0 saturated carbocycles. The second kappa shape index (κ2) is 7.81. The molecular weight excluding hydrogens is 304 g/mol. The van der Waals surface area contributed by atoms with Crippen molar-refractivity contribution in [3.63, 3.8) is 0 Å². The van der Waals surface area contributed by atoms with Crippen molar-refractivity contribution in [3.8, 4) is 0 Å². The van der Waals surface area contributed by atoms with Crippen LogP contribution >= 0.6 is 0 Å². The summed E-state index contributed by atoms with van der Waals surface area (Å²) in [6.07, 6.45) is 4.71. The molecule has 2 heterocycles. The second-order valence-electron chi connectivity index (χ2n) is 7.53. The van der Waals surface area contributed by atoms with Gasteiger partial charge in [-0.25, -0.2) is 4.98 Å². The molecule has 2 amide bonds. The van der Waals surface area contributed by atoms with Gasteiger partial charge in [-0.3, -0.25) is 9.59 Å². The summed E-state index contributed by atoms with van der Waals surface area (Å²) in [5, 5.41) is 0. The van der Waals surface area contributed by atoms with Crippen LogP contribution in [0.2, 0.25) is 0 Å². The van der Waals surface area contributed by atoms with Crippen LogP contribution < -0.4 is 0 Å². The van der Waals surface area contributed by atoms with Gasteiger partial charge in [-0.15, -0.1) is 0 Å². The molecule has 1 aromatic heterocycles. The molecule has 24 heavy (non-hydrogen) atoms. The van der Waals surface area contributed by atoms with Gasteiger partial charge in [0.15, 0.2) is 0 Å². The van der Waals surface area contributed by atoms with E-state index in [0.29, 0.717) is 44.3 Å². The number of aryl methyl sites for hydroxylation is 1. The number of aromatic nitrogens is 2. The summed E-state index contributed by atoms with van der Waals surface area (Å²) in [7, 11) is 1.93. The van der Waals surface area contributed by atoms with Crippen molar-refractivity contribution in [1.29, 1.82) is 0 Å². The fourth-order valence-corrected chi connectivity index (χ4v) is 3.17. The molecule has 0 unspecified atom stereocenters. The average molecular weight is 334 g/mol. The number of nitrogens with zero attached hydrogens (tertiary/aromatic N) is 4. The Balaban J connectivity index is 2.20. The van der Waals surface area contributed by atoms with E-state index in [1.165, 1.54) is 0 Å². The third-order valence-corrected chi connectivity index (χ3v) is 4.38. The predicted molar refractivity (Wildman–Crippen MR) is 93.2 cm³/mol. The number of carbonyl (C=O) groups is 2. The molecule has 1 aliphatic rings. The largest absolute Gasteiger partial charge is 0.338 e. The minimum atomic E-state index is -0.166. The molecule has 0 radical (unpaired) electrons. The Kier molecular flexibility index (Phi) is 6.02. The smallest absolute Gasteiger partial charge is 0.223 e. The predicted octanol–water partition coefficient (Wildman–Crippen LogP) is 2.22. The van der Waals surface area contributed by atoms with Crippen LogP contribution in [0.3, 0.4) is 0 Å². The maximum Gasteiger partial charge on any atom is 0.223 e. The molecular formula is C18H30N4O2. The summed E-state index contributed by atoms with van der Waals surface area (Å²) in [5.74, 6) is 1.81. The van der Waals surface area contributed by atoms with Crippen molar-refractivity contribution in [3.05, 3.63) is 18.2 Å². The number of amides is 2. The molecule has 0 N–H and O–H groups in total. The van der Waals surface area contributed by atoms with Crippen LogP contribution in [-0.4, -0.2) is 50.8 Å². The lowest BCUT2D eigenvalue weighted by Crippen LogP contribution is -2.53. The van der Waals surface area contributed by atoms with E-state index < -0.39 is 0 Å². The molecule has 0 aliphatic carbocycles. The highest BCUT2D eigenvalue weighted by Gasteiger charge is 2.35. The van der Waals surface area contributed by atoms with Crippen molar-refractivity contribution in [2.75, 3.05) is 19.6 Å². The van der Waals surface area contributed by atoms with E-state index in [1.807, 2.05) is 27.6 Å². The van der Waals surface area contributed by atoms with Crippen LogP contribution in [0.15, 0.2) is 12.4 Å². The Morgan fingerprint density at radius 1 is 1.12 bits per heavy atom. The van der Waals surface area contributed by atoms with E-state index in [9.17, 15) is 9.59 Å². The standard InChI is InChI=1S/C18H30N4O2/c1-13(2)10-16(23)21-8-9-22(17(24)11-14(3)4)15(12-21)18-19-6-7-20(18)5/h6-7,13-15H,8-12H2,1-5H3/t15-/m1/s1. The highest BCUT2D eigenvalue weighted by atomic mass is 16.2. The number of hydrogen-bond donors (Lipinski definition) is 0. The van der Waals surface area contributed by atoms with Gasteiger partial charge in [0.05, 0.1) is 0 Å². The number of carbonyl (C=O) groups excluding carboxylic acids is 2. The van der Waals surface area contributed by atoms with Crippen LogP contribution in [0.1, 0.15) is 52.4 Å². The molecule has 1 aromatic rings. The van der Waals surface area contributed by atoms with Crippen LogP contribution in [0, 0.1) is 11.8 Å². The van der Waals surface area contributed by atoms with Crippen molar-refractivity contribution < 1.29 is 9.59 Å². The molecule has 1 aliphatic heterocycles. The third kappa shape index (κ3) is 4.36. The molecule has 134 valence electrons. The molecule has 0 aromatic carbocycles. The first-order valence-corrected chi connectivity index (χ1v) is 8.84. The maximum atomic E-state index is 12.7. The highest BCUT2D eigenvalue weighted by molar-refractivity contribution is 5.79. The zero-order chi connectivity index (χ0) is 17.9. The van der Waals surface area contributed by atoms with Crippen LogP contribution in [0.5, 0.6) is 0 Å². The molecule has 1 atom stereocenters. The van der Waals surface area contributed by atoms with Crippen molar-refractivity contribution in [1.82, 2.24) is 19.4 Å². The van der Waals surface area contributed by atoms with E-state index in [-0.39, 0.29) is 17.9 Å². The number of piperazine rings is 1. The van der Waals surface area contributed by atoms with Gasteiger partial charge in [0.1, 0.15) is 11.9 Å². The number of rotatable bonds is 5. The van der Waals surface area contributed by atoms with Crippen molar-refractivity contribution in [2.24, 2.45) is 18.9 Å². The Hall–Kier alpha value is -1.85. The van der Waals surface area contributed by atoms with Crippen LogP contribution in [0.4, 0.5) is 0 Å². The highest BCUT2D eigenvalue weighted by Crippen LogP contribution is 2.26. The topological polar surface area (TPSA) is 58.4 Å². The van der Waals surface area contributed by atoms with Crippen LogP contribution in [-0.2, 0) is 16.6 Å². The molecule has 1 fully saturated rings. The summed E-state index contributed by atoms with van der Waals surface area (Å²) in [5.41, 5.74) is 0. The average Bonchev–Trinajstić information content (AvgIpc) is 2.91. The van der Waals surface area contributed by atoms with Gasteiger partial charge in [0, 0.05) is 51.9 Å².